The van der Waals surface area contributed by atoms with Gasteiger partial charge in [0.2, 0.25) is 6.29 Å². The van der Waals surface area contributed by atoms with E-state index in [1.54, 1.807) is 49.4 Å². The number of nitro groups is 1. The first-order chi connectivity index (χ1) is 11.6. The average molecular weight is 328 g/mol. The van der Waals surface area contributed by atoms with E-state index in [4.69, 9.17) is 9.57 Å². The van der Waals surface area contributed by atoms with Crippen molar-refractivity contribution in [2.24, 2.45) is 0 Å². The molecule has 1 saturated heterocycles. The Morgan fingerprint density at radius 1 is 1.17 bits per heavy atom. The first-order valence-corrected chi connectivity index (χ1v) is 7.48. The molecule has 0 bridgehead atoms. The van der Waals surface area contributed by atoms with E-state index in [0.717, 1.165) is 0 Å². The van der Waals surface area contributed by atoms with Gasteiger partial charge in [-0.3, -0.25) is 14.9 Å². The minimum absolute atomic E-state index is 0.108. The van der Waals surface area contributed by atoms with Gasteiger partial charge in [-0.1, -0.05) is 30.3 Å². The van der Waals surface area contributed by atoms with Gasteiger partial charge in [0.15, 0.2) is 0 Å². The molecular formula is C17H16N2O5. The number of benzene rings is 2. The molecule has 0 N–H and O–H groups in total. The smallest absolute Gasteiger partial charge is 0.277 e. The van der Waals surface area contributed by atoms with Crippen LogP contribution in [-0.2, 0) is 9.57 Å². The second-order valence-corrected chi connectivity index (χ2v) is 5.43. The van der Waals surface area contributed by atoms with Crippen LogP contribution in [0.25, 0.3) is 0 Å². The fourth-order valence-corrected chi connectivity index (χ4v) is 2.51. The van der Waals surface area contributed by atoms with Gasteiger partial charge in [-0.25, -0.2) is 9.90 Å². The minimum Gasteiger partial charge on any atom is -0.341 e. The Kier molecular flexibility index (Phi) is 4.54. The highest BCUT2D eigenvalue weighted by Gasteiger charge is 2.34. The van der Waals surface area contributed by atoms with E-state index < -0.39 is 11.2 Å². The maximum atomic E-state index is 12.6. The highest BCUT2D eigenvalue weighted by atomic mass is 16.8. The number of carbonyl (C=O) groups excluding carboxylic acids is 1. The average Bonchev–Trinajstić information content (AvgIpc) is 2.61. The van der Waals surface area contributed by atoms with E-state index >= 15 is 0 Å². The number of ether oxygens (including phenoxy) is 1. The van der Waals surface area contributed by atoms with Crippen molar-refractivity contribution in [3.05, 3.63) is 75.8 Å². The summed E-state index contributed by atoms with van der Waals surface area (Å²) < 4.78 is 5.66. The molecule has 1 aliphatic rings. The molecule has 2 atom stereocenters. The molecule has 0 aromatic heterocycles. The van der Waals surface area contributed by atoms with E-state index in [0.29, 0.717) is 5.56 Å². The van der Waals surface area contributed by atoms with Crippen LogP contribution in [0.5, 0.6) is 0 Å². The number of rotatable bonds is 3. The third kappa shape index (κ3) is 3.27. The molecule has 2 aromatic carbocycles. The third-order valence-corrected chi connectivity index (χ3v) is 3.64. The van der Waals surface area contributed by atoms with E-state index in [-0.39, 0.29) is 29.8 Å². The van der Waals surface area contributed by atoms with Gasteiger partial charge < -0.3 is 4.74 Å². The molecule has 0 spiro atoms. The molecule has 2 aromatic rings. The van der Waals surface area contributed by atoms with Crippen LogP contribution in [0, 0.1) is 10.1 Å². The number of nitro benzene ring substituents is 1. The highest BCUT2D eigenvalue weighted by molar-refractivity contribution is 5.93. The van der Waals surface area contributed by atoms with Crippen LogP contribution in [0.3, 0.4) is 0 Å². The van der Waals surface area contributed by atoms with Gasteiger partial charge in [0, 0.05) is 11.6 Å². The Balaban J connectivity index is 1.87. The van der Waals surface area contributed by atoms with Crippen LogP contribution in [0.15, 0.2) is 54.6 Å². The molecule has 0 aliphatic carbocycles. The molecule has 24 heavy (non-hydrogen) atoms. The number of para-hydroxylation sites is 1. The lowest BCUT2D eigenvalue weighted by Crippen LogP contribution is -2.44. The van der Waals surface area contributed by atoms with Crippen molar-refractivity contribution < 1.29 is 19.3 Å². The largest absolute Gasteiger partial charge is 0.341 e. The fraction of sp³-hybridized carbons (Fsp3) is 0.235. The topological polar surface area (TPSA) is 81.9 Å². The summed E-state index contributed by atoms with van der Waals surface area (Å²) in [5, 5.41) is 12.4. The molecule has 3 rings (SSSR count). The van der Waals surface area contributed by atoms with E-state index in [9.17, 15) is 14.9 Å². The number of hydroxylamine groups is 2. The zero-order chi connectivity index (χ0) is 17.1. The van der Waals surface area contributed by atoms with Crippen molar-refractivity contribution in [2.75, 3.05) is 6.54 Å². The zero-order valence-corrected chi connectivity index (χ0v) is 13.0. The summed E-state index contributed by atoms with van der Waals surface area (Å²) in [6, 6.07) is 14.9. The van der Waals surface area contributed by atoms with Gasteiger partial charge in [0.25, 0.3) is 11.6 Å². The summed E-state index contributed by atoms with van der Waals surface area (Å²) in [6.07, 6.45) is -1.33. The first-order valence-electron chi connectivity index (χ1n) is 7.48. The van der Waals surface area contributed by atoms with Crippen molar-refractivity contribution in [3.8, 4) is 0 Å². The number of carbonyl (C=O) groups is 1. The Morgan fingerprint density at radius 2 is 1.83 bits per heavy atom. The molecule has 1 aliphatic heterocycles. The lowest BCUT2D eigenvalue weighted by atomic mass is 10.1. The quantitative estimate of drug-likeness (QED) is 0.639. The van der Waals surface area contributed by atoms with Gasteiger partial charge >= 0.3 is 0 Å². The van der Waals surface area contributed by atoms with E-state index in [1.807, 2.05) is 6.07 Å². The summed E-state index contributed by atoms with van der Waals surface area (Å²) >= 11 is 0. The number of nitrogens with zero attached hydrogens (tertiary/aromatic N) is 2. The second kappa shape index (κ2) is 6.77. The molecule has 1 fully saturated rings. The molecule has 124 valence electrons. The van der Waals surface area contributed by atoms with Crippen LogP contribution in [0.1, 0.15) is 29.1 Å². The van der Waals surface area contributed by atoms with Gasteiger partial charge in [-0.2, -0.15) is 0 Å². The highest BCUT2D eigenvalue weighted by Crippen LogP contribution is 2.33. The number of hydrogen-bond acceptors (Lipinski definition) is 5. The van der Waals surface area contributed by atoms with Crippen molar-refractivity contribution in [3.63, 3.8) is 0 Å². The van der Waals surface area contributed by atoms with Gasteiger partial charge in [0.1, 0.15) is 0 Å². The van der Waals surface area contributed by atoms with Crippen LogP contribution >= 0.6 is 0 Å². The third-order valence-electron chi connectivity index (χ3n) is 3.64. The maximum absolute atomic E-state index is 12.6. The Bertz CT molecular complexity index is 750. The van der Waals surface area contributed by atoms with Crippen molar-refractivity contribution in [1.82, 2.24) is 5.06 Å². The summed E-state index contributed by atoms with van der Waals surface area (Å²) in [5.41, 5.74) is 0.650. The van der Waals surface area contributed by atoms with Crippen LogP contribution in [-0.4, -0.2) is 28.5 Å². The second-order valence-electron chi connectivity index (χ2n) is 5.43. The van der Waals surface area contributed by atoms with Crippen molar-refractivity contribution >= 4 is 11.6 Å². The summed E-state index contributed by atoms with van der Waals surface area (Å²) in [6.45, 7) is 2.03. The molecule has 7 nitrogen and oxygen atoms in total. The Hall–Kier alpha value is -2.77. The molecule has 2 unspecified atom stereocenters. The predicted octanol–water partition coefficient (Wildman–Crippen LogP) is 3.09. The minimum atomic E-state index is -1.01. The van der Waals surface area contributed by atoms with E-state index in [2.05, 4.69) is 0 Å². The maximum Gasteiger partial charge on any atom is 0.277 e. The molecule has 1 amide bonds. The van der Waals surface area contributed by atoms with Gasteiger partial charge in [-0.05, 0) is 25.1 Å². The van der Waals surface area contributed by atoms with Crippen LogP contribution < -0.4 is 0 Å². The summed E-state index contributed by atoms with van der Waals surface area (Å²) in [5.74, 6) is -0.311. The predicted molar refractivity (Wildman–Crippen MR) is 84.9 cm³/mol. The molecule has 0 saturated carbocycles. The molecular weight excluding hydrogens is 312 g/mol. The first kappa shape index (κ1) is 16.1. The Labute approximate surface area is 138 Å². The monoisotopic (exact) mass is 328 g/mol. The molecule has 0 radical (unpaired) electrons. The lowest BCUT2D eigenvalue weighted by Gasteiger charge is -2.35. The van der Waals surface area contributed by atoms with Crippen LogP contribution in [0.4, 0.5) is 5.69 Å². The van der Waals surface area contributed by atoms with Crippen LogP contribution in [0.2, 0.25) is 0 Å². The molecule has 1 heterocycles. The number of amides is 1. The summed E-state index contributed by atoms with van der Waals surface area (Å²) in [7, 11) is 0. The fourth-order valence-electron chi connectivity index (χ4n) is 2.51. The van der Waals surface area contributed by atoms with Gasteiger partial charge in [0.05, 0.1) is 23.1 Å². The van der Waals surface area contributed by atoms with E-state index in [1.165, 1.54) is 11.1 Å². The lowest BCUT2D eigenvalue weighted by molar-refractivity contribution is -0.390. The van der Waals surface area contributed by atoms with Gasteiger partial charge in [-0.15, -0.1) is 0 Å². The normalized spacial score (nSPS) is 20.6. The standard InChI is InChI=1S/C17H16N2O5/c1-12-11-18(16(20)13-7-3-2-4-8-13)24-17(23-12)14-9-5-6-10-15(14)19(21)22/h2-10,12,17H,11H2,1H3. The number of hydrogen-bond donors (Lipinski definition) is 0. The molecule has 7 heteroatoms. The Morgan fingerprint density at radius 3 is 2.54 bits per heavy atom. The van der Waals surface area contributed by atoms with Crippen molar-refractivity contribution in [1.29, 1.82) is 0 Å². The zero-order valence-electron chi connectivity index (χ0n) is 13.0. The van der Waals surface area contributed by atoms with Crippen molar-refractivity contribution in [2.45, 2.75) is 19.3 Å². The SMILES string of the molecule is CC1CN(C(=O)c2ccccc2)OC(c2ccccc2[N+](=O)[O-])O1. The summed E-state index contributed by atoms with van der Waals surface area (Å²) in [4.78, 5) is 28.9.